The van der Waals surface area contributed by atoms with Crippen molar-refractivity contribution < 1.29 is 15.3 Å². The monoisotopic (exact) mass is 231 g/mol. The fourth-order valence-electron chi connectivity index (χ4n) is 1.12. The molecule has 0 radical (unpaired) electrons. The molecule has 86 valence electrons. The first kappa shape index (κ1) is 12.6. The lowest BCUT2D eigenvalue weighted by molar-refractivity contribution is 0.000797. The van der Waals surface area contributed by atoms with Crippen LogP contribution in [-0.4, -0.2) is 40.6 Å². The van der Waals surface area contributed by atoms with Crippen molar-refractivity contribution >= 4 is 11.3 Å². The lowest BCUT2D eigenvalue weighted by atomic mass is 10.1. The van der Waals surface area contributed by atoms with Crippen molar-refractivity contribution in [1.29, 1.82) is 0 Å². The van der Waals surface area contributed by atoms with Crippen molar-refractivity contribution in [2.45, 2.75) is 18.6 Å². The summed E-state index contributed by atoms with van der Waals surface area (Å²) in [6.45, 7) is 1.87. The van der Waals surface area contributed by atoms with Gasteiger partial charge in [0.05, 0.1) is 12.2 Å². The van der Waals surface area contributed by atoms with Crippen LogP contribution in [0.15, 0.2) is 17.5 Å². The summed E-state index contributed by atoms with van der Waals surface area (Å²) < 4.78 is 0. The van der Waals surface area contributed by atoms with Crippen molar-refractivity contribution in [3.8, 4) is 0 Å². The topological polar surface area (TPSA) is 72.7 Å². The van der Waals surface area contributed by atoms with E-state index in [4.69, 9.17) is 5.11 Å². The van der Waals surface area contributed by atoms with Crippen LogP contribution >= 0.6 is 11.3 Å². The molecule has 4 nitrogen and oxygen atoms in total. The maximum Gasteiger partial charge on any atom is 0.101 e. The van der Waals surface area contributed by atoms with Gasteiger partial charge in [-0.15, -0.1) is 11.3 Å². The van der Waals surface area contributed by atoms with Crippen LogP contribution in [0.5, 0.6) is 0 Å². The zero-order chi connectivity index (χ0) is 11.3. The first-order chi connectivity index (χ1) is 7.05. The molecule has 4 N–H and O–H groups in total. The molecule has 0 spiro atoms. The van der Waals surface area contributed by atoms with Gasteiger partial charge in [-0.2, -0.15) is 0 Å². The minimum atomic E-state index is -1.13. The van der Waals surface area contributed by atoms with E-state index in [0.29, 0.717) is 6.54 Å². The summed E-state index contributed by atoms with van der Waals surface area (Å²) in [5, 5.41) is 32.8. The van der Waals surface area contributed by atoms with E-state index in [9.17, 15) is 10.2 Å². The third-order valence-corrected chi connectivity index (χ3v) is 3.03. The second kappa shape index (κ2) is 5.58. The standard InChI is InChI=1S/C10H17NO3S/c1-10(14,7-12)6-11-5-8(13)9-3-2-4-15-9/h2-4,8,11-14H,5-7H2,1H3. The summed E-state index contributed by atoms with van der Waals surface area (Å²) in [5.41, 5.74) is -1.13. The molecule has 1 aromatic heterocycles. The fraction of sp³-hybridized carbons (Fsp3) is 0.600. The first-order valence-corrected chi connectivity index (χ1v) is 5.68. The Kier molecular flexibility index (Phi) is 4.69. The number of aliphatic hydroxyl groups excluding tert-OH is 2. The third-order valence-electron chi connectivity index (χ3n) is 2.06. The molecule has 5 heteroatoms. The molecule has 1 aromatic rings. The minimum absolute atomic E-state index is 0.256. The Morgan fingerprint density at radius 2 is 2.33 bits per heavy atom. The van der Waals surface area contributed by atoms with E-state index in [1.807, 2.05) is 17.5 Å². The molecule has 0 saturated heterocycles. The average Bonchev–Trinajstić information content (AvgIpc) is 2.70. The normalized spacial score (nSPS) is 17.3. The smallest absolute Gasteiger partial charge is 0.101 e. The second-order valence-electron chi connectivity index (χ2n) is 3.82. The van der Waals surface area contributed by atoms with Gasteiger partial charge in [-0.05, 0) is 18.4 Å². The number of thiophene rings is 1. The van der Waals surface area contributed by atoms with Gasteiger partial charge in [0.1, 0.15) is 6.10 Å². The van der Waals surface area contributed by atoms with E-state index in [1.54, 1.807) is 0 Å². The van der Waals surface area contributed by atoms with Gasteiger partial charge in [-0.1, -0.05) is 6.07 Å². The van der Waals surface area contributed by atoms with Crippen molar-refractivity contribution in [2.75, 3.05) is 19.7 Å². The van der Waals surface area contributed by atoms with Crippen LogP contribution < -0.4 is 5.32 Å². The van der Waals surface area contributed by atoms with Crippen molar-refractivity contribution in [1.82, 2.24) is 5.32 Å². The molecule has 2 unspecified atom stereocenters. The van der Waals surface area contributed by atoms with Crippen LogP contribution in [-0.2, 0) is 0 Å². The molecule has 0 amide bonds. The highest BCUT2D eigenvalue weighted by Gasteiger charge is 2.18. The van der Waals surface area contributed by atoms with Gasteiger partial charge in [0, 0.05) is 18.0 Å². The molecular formula is C10H17NO3S. The van der Waals surface area contributed by atoms with Crippen molar-refractivity contribution in [3.63, 3.8) is 0 Å². The molecule has 0 bridgehead atoms. The second-order valence-corrected chi connectivity index (χ2v) is 4.80. The molecule has 0 saturated carbocycles. The minimum Gasteiger partial charge on any atom is -0.393 e. The molecule has 0 aliphatic carbocycles. The maximum absolute atomic E-state index is 9.68. The maximum atomic E-state index is 9.68. The molecule has 2 atom stereocenters. The highest BCUT2D eigenvalue weighted by Crippen LogP contribution is 2.17. The summed E-state index contributed by atoms with van der Waals surface area (Å²) in [6, 6.07) is 3.74. The highest BCUT2D eigenvalue weighted by atomic mass is 32.1. The summed E-state index contributed by atoms with van der Waals surface area (Å²) in [5.74, 6) is 0. The Hall–Kier alpha value is -0.460. The molecule has 15 heavy (non-hydrogen) atoms. The summed E-state index contributed by atoms with van der Waals surface area (Å²) in [6.07, 6.45) is -0.556. The predicted molar refractivity (Wildman–Crippen MR) is 59.9 cm³/mol. The SMILES string of the molecule is CC(O)(CO)CNCC(O)c1cccs1. The molecule has 0 fully saturated rings. The van der Waals surface area contributed by atoms with E-state index >= 15 is 0 Å². The zero-order valence-corrected chi connectivity index (χ0v) is 9.50. The van der Waals surface area contributed by atoms with Gasteiger partial charge in [0.2, 0.25) is 0 Å². The third kappa shape index (κ3) is 4.27. The van der Waals surface area contributed by atoms with Gasteiger partial charge in [-0.25, -0.2) is 0 Å². The van der Waals surface area contributed by atoms with Gasteiger partial charge in [0.25, 0.3) is 0 Å². The molecule has 0 aromatic carbocycles. The van der Waals surface area contributed by atoms with Crippen LogP contribution in [0.3, 0.4) is 0 Å². The molecule has 0 aliphatic heterocycles. The van der Waals surface area contributed by atoms with E-state index in [2.05, 4.69) is 5.32 Å². The van der Waals surface area contributed by atoms with E-state index in [1.165, 1.54) is 18.3 Å². The lowest BCUT2D eigenvalue weighted by Crippen LogP contribution is -2.42. The quantitative estimate of drug-likeness (QED) is 0.561. The Morgan fingerprint density at radius 1 is 1.60 bits per heavy atom. The van der Waals surface area contributed by atoms with Crippen LogP contribution in [0, 0.1) is 0 Å². The van der Waals surface area contributed by atoms with Crippen molar-refractivity contribution in [2.24, 2.45) is 0 Å². The van der Waals surface area contributed by atoms with Crippen LogP contribution in [0.4, 0.5) is 0 Å². The van der Waals surface area contributed by atoms with Gasteiger partial charge < -0.3 is 20.6 Å². The molecule has 1 heterocycles. The Labute approximate surface area is 93.2 Å². The highest BCUT2D eigenvalue weighted by molar-refractivity contribution is 7.10. The number of aliphatic hydroxyl groups is 3. The summed E-state index contributed by atoms with van der Waals surface area (Å²) >= 11 is 1.49. The molecule has 1 rings (SSSR count). The number of hydrogen-bond acceptors (Lipinski definition) is 5. The molecular weight excluding hydrogens is 214 g/mol. The van der Waals surface area contributed by atoms with Crippen molar-refractivity contribution in [3.05, 3.63) is 22.4 Å². The Bertz CT molecular complexity index is 274. The number of rotatable bonds is 6. The fourth-order valence-corrected chi connectivity index (χ4v) is 1.83. The van der Waals surface area contributed by atoms with E-state index < -0.39 is 11.7 Å². The lowest BCUT2D eigenvalue weighted by Gasteiger charge is -2.21. The van der Waals surface area contributed by atoms with Crippen LogP contribution in [0.1, 0.15) is 17.9 Å². The number of hydrogen-bond donors (Lipinski definition) is 4. The van der Waals surface area contributed by atoms with Crippen LogP contribution in [0.25, 0.3) is 0 Å². The summed E-state index contributed by atoms with van der Waals surface area (Å²) in [4.78, 5) is 0.895. The first-order valence-electron chi connectivity index (χ1n) is 4.80. The Morgan fingerprint density at radius 3 is 2.87 bits per heavy atom. The zero-order valence-electron chi connectivity index (χ0n) is 8.68. The van der Waals surface area contributed by atoms with Crippen LogP contribution in [0.2, 0.25) is 0 Å². The van der Waals surface area contributed by atoms with Gasteiger partial charge in [0.15, 0.2) is 0 Å². The van der Waals surface area contributed by atoms with Gasteiger partial charge >= 0.3 is 0 Å². The van der Waals surface area contributed by atoms with E-state index in [-0.39, 0.29) is 13.2 Å². The van der Waals surface area contributed by atoms with E-state index in [0.717, 1.165) is 4.88 Å². The summed E-state index contributed by atoms with van der Waals surface area (Å²) in [7, 11) is 0. The average molecular weight is 231 g/mol. The molecule has 0 aliphatic rings. The Balaban J connectivity index is 2.26. The number of nitrogens with one attached hydrogen (secondary N) is 1. The predicted octanol–water partition coefficient (Wildman–Crippen LogP) is 0.114. The van der Waals surface area contributed by atoms with Gasteiger partial charge in [-0.3, -0.25) is 0 Å². The largest absolute Gasteiger partial charge is 0.393 e.